The van der Waals surface area contributed by atoms with Crippen LogP contribution in [0, 0.1) is 17.0 Å². The van der Waals surface area contributed by atoms with Crippen molar-refractivity contribution in [3.05, 3.63) is 105 Å². The third kappa shape index (κ3) is 6.27. The molecule has 1 aliphatic heterocycles. The smallest absolute Gasteiger partial charge is 0.293 e. The summed E-state index contributed by atoms with van der Waals surface area (Å²) in [5.74, 6) is 0.916. The minimum atomic E-state index is -0.447. The predicted molar refractivity (Wildman–Crippen MR) is 133 cm³/mol. The van der Waals surface area contributed by atoms with Gasteiger partial charge < -0.3 is 9.47 Å². The van der Waals surface area contributed by atoms with Crippen LogP contribution in [-0.2, 0) is 11.4 Å². The summed E-state index contributed by atoms with van der Waals surface area (Å²) in [4.78, 5) is 37.0. The highest BCUT2D eigenvalue weighted by atomic mass is 32.2. The number of nitro groups is 1. The fraction of sp³-hybridized carbons (Fsp3) is 0.154. The number of nitrogens with zero attached hydrogens (tertiary/aromatic N) is 2. The summed E-state index contributed by atoms with van der Waals surface area (Å²) in [7, 11) is 0. The molecule has 1 aliphatic rings. The quantitative estimate of drug-likeness (QED) is 0.219. The number of aryl methyl sites for hydroxylation is 1. The van der Waals surface area contributed by atoms with Gasteiger partial charge in [0.25, 0.3) is 16.8 Å². The second-order valence-corrected chi connectivity index (χ2v) is 8.77. The second kappa shape index (κ2) is 10.9. The zero-order valence-electron chi connectivity index (χ0n) is 18.9. The Hall–Kier alpha value is -4.11. The van der Waals surface area contributed by atoms with Crippen molar-refractivity contribution in [2.24, 2.45) is 0 Å². The maximum atomic E-state index is 12.7. The van der Waals surface area contributed by atoms with Gasteiger partial charge in [-0.1, -0.05) is 42.0 Å². The van der Waals surface area contributed by atoms with Crippen molar-refractivity contribution in [1.29, 1.82) is 0 Å². The molecule has 35 heavy (non-hydrogen) atoms. The van der Waals surface area contributed by atoms with E-state index in [1.54, 1.807) is 42.5 Å². The molecule has 1 fully saturated rings. The van der Waals surface area contributed by atoms with Gasteiger partial charge in [-0.3, -0.25) is 24.6 Å². The Morgan fingerprint density at radius 2 is 1.66 bits per heavy atom. The molecule has 0 radical (unpaired) electrons. The standard InChI is InChI=1S/C26H22N2O6S/c1-18-5-9-22(10-6-18)33-14-13-27-25(29)24(35-26(27)30)16-19-7-11-23(12-8-19)34-17-20-3-2-4-21(15-20)28(31)32/h2-12,15-16H,13-14,17H2,1H3/b24-16-. The van der Waals surface area contributed by atoms with E-state index in [0.29, 0.717) is 22.0 Å². The Morgan fingerprint density at radius 3 is 2.37 bits per heavy atom. The number of rotatable bonds is 9. The maximum absolute atomic E-state index is 12.7. The van der Waals surface area contributed by atoms with Crippen LogP contribution in [0.1, 0.15) is 16.7 Å². The molecule has 1 heterocycles. The van der Waals surface area contributed by atoms with Gasteiger partial charge in [0.2, 0.25) is 0 Å². The number of hydrogen-bond acceptors (Lipinski definition) is 7. The molecule has 0 aliphatic carbocycles. The molecular weight excluding hydrogens is 468 g/mol. The van der Waals surface area contributed by atoms with Gasteiger partial charge in [0.1, 0.15) is 24.7 Å². The van der Waals surface area contributed by atoms with Gasteiger partial charge >= 0.3 is 0 Å². The Labute approximate surface area is 206 Å². The van der Waals surface area contributed by atoms with Crippen LogP contribution in [0.15, 0.2) is 77.7 Å². The third-order valence-corrected chi connectivity index (χ3v) is 6.09. The zero-order chi connectivity index (χ0) is 24.8. The number of ether oxygens (including phenoxy) is 2. The van der Waals surface area contributed by atoms with Crippen molar-refractivity contribution in [3.8, 4) is 11.5 Å². The number of nitro benzene ring substituents is 1. The first-order valence-electron chi connectivity index (χ1n) is 10.8. The van der Waals surface area contributed by atoms with Crippen LogP contribution in [0.25, 0.3) is 6.08 Å². The number of hydrogen-bond donors (Lipinski definition) is 0. The van der Waals surface area contributed by atoms with Crippen molar-refractivity contribution in [2.45, 2.75) is 13.5 Å². The van der Waals surface area contributed by atoms with Gasteiger partial charge in [-0.15, -0.1) is 0 Å². The minimum Gasteiger partial charge on any atom is -0.492 e. The van der Waals surface area contributed by atoms with E-state index in [1.807, 2.05) is 31.2 Å². The van der Waals surface area contributed by atoms with E-state index >= 15 is 0 Å². The molecule has 0 N–H and O–H groups in total. The molecule has 2 amide bonds. The Balaban J connectivity index is 1.32. The van der Waals surface area contributed by atoms with Crippen molar-refractivity contribution in [1.82, 2.24) is 4.90 Å². The number of imide groups is 1. The largest absolute Gasteiger partial charge is 0.492 e. The maximum Gasteiger partial charge on any atom is 0.293 e. The lowest BCUT2D eigenvalue weighted by molar-refractivity contribution is -0.384. The first kappa shape index (κ1) is 24.0. The molecule has 0 unspecified atom stereocenters. The van der Waals surface area contributed by atoms with Gasteiger partial charge in [-0.05, 0) is 60.2 Å². The molecule has 0 atom stereocenters. The van der Waals surface area contributed by atoms with Crippen molar-refractivity contribution in [3.63, 3.8) is 0 Å². The SMILES string of the molecule is Cc1ccc(OCCN2C(=O)S/C(=C\c3ccc(OCc4cccc([N+](=O)[O-])c4)cc3)C2=O)cc1. The average molecular weight is 491 g/mol. The minimum absolute atomic E-state index is 0.0112. The van der Waals surface area contributed by atoms with Gasteiger partial charge in [0, 0.05) is 12.1 Å². The Bertz CT molecular complexity index is 1270. The second-order valence-electron chi connectivity index (χ2n) is 7.78. The van der Waals surface area contributed by atoms with Gasteiger partial charge in [0.05, 0.1) is 16.4 Å². The third-order valence-electron chi connectivity index (χ3n) is 5.18. The molecule has 3 aromatic rings. The van der Waals surface area contributed by atoms with Crippen molar-refractivity contribution < 1.29 is 24.0 Å². The average Bonchev–Trinajstić information content (AvgIpc) is 3.12. The highest BCUT2D eigenvalue weighted by Gasteiger charge is 2.34. The predicted octanol–water partition coefficient (Wildman–Crippen LogP) is 5.60. The van der Waals surface area contributed by atoms with Crippen molar-refractivity contribution >= 4 is 34.7 Å². The van der Waals surface area contributed by atoms with Crippen LogP contribution >= 0.6 is 11.8 Å². The van der Waals surface area contributed by atoms with E-state index in [0.717, 1.165) is 22.9 Å². The number of non-ortho nitro benzene ring substituents is 1. The van der Waals surface area contributed by atoms with Crippen LogP contribution in [0.4, 0.5) is 10.5 Å². The Morgan fingerprint density at radius 1 is 0.971 bits per heavy atom. The van der Waals surface area contributed by atoms with Crippen LogP contribution in [0.3, 0.4) is 0 Å². The zero-order valence-corrected chi connectivity index (χ0v) is 19.7. The highest BCUT2D eigenvalue weighted by Crippen LogP contribution is 2.32. The Kier molecular flexibility index (Phi) is 7.47. The summed E-state index contributed by atoms with van der Waals surface area (Å²) >= 11 is 0.897. The van der Waals surface area contributed by atoms with Crippen LogP contribution in [0.5, 0.6) is 11.5 Å². The summed E-state index contributed by atoms with van der Waals surface area (Å²) in [6.07, 6.45) is 1.66. The van der Waals surface area contributed by atoms with E-state index in [1.165, 1.54) is 17.0 Å². The summed E-state index contributed by atoms with van der Waals surface area (Å²) < 4.78 is 11.3. The van der Waals surface area contributed by atoms with E-state index < -0.39 is 4.92 Å². The molecule has 0 bridgehead atoms. The molecule has 0 saturated carbocycles. The van der Waals surface area contributed by atoms with E-state index in [-0.39, 0.29) is 36.6 Å². The normalized spacial score (nSPS) is 14.4. The molecule has 1 saturated heterocycles. The first-order chi connectivity index (χ1) is 16.9. The van der Waals surface area contributed by atoms with Crippen LogP contribution in [-0.4, -0.2) is 34.1 Å². The van der Waals surface area contributed by atoms with E-state index in [2.05, 4.69) is 0 Å². The van der Waals surface area contributed by atoms with Crippen LogP contribution in [0.2, 0.25) is 0 Å². The molecule has 9 heteroatoms. The molecule has 3 aromatic carbocycles. The van der Waals surface area contributed by atoms with E-state index in [9.17, 15) is 19.7 Å². The molecule has 0 spiro atoms. The number of benzene rings is 3. The number of amides is 2. The van der Waals surface area contributed by atoms with Gasteiger partial charge in [0.15, 0.2) is 0 Å². The van der Waals surface area contributed by atoms with Gasteiger partial charge in [-0.2, -0.15) is 0 Å². The monoisotopic (exact) mass is 490 g/mol. The summed E-state index contributed by atoms with van der Waals surface area (Å²) in [5, 5.41) is 10.6. The number of carbonyl (C=O) groups excluding carboxylic acids is 2. The lowest BCUT2D eigenvalue weighted by Crippen LogP contribution is -2.32. The first-order valence-corrected chi connectivity index (χ1v) is 11.6. The summed E-state index contributed by atoms with van der Waals surface area (Å²) in [6, 6.07) is 20.9. The fourth-order valence-corrected chi connectivity index (χ4v) is 4.19. The molecule has 178 valence electrons. The fourth-order valence-electron chi connectivity index (χ4n) is 3.32. The van der Waals surface area contributed by atoms with Gasteiger partial charge in [-0.25, -0.2) is 0 Å². The van der Waals surface area contributed by atoms with Crippen molar-refractivity contribution in [2.75, 3.05) is 13.2 Å². The molecule has 0 aromatic heterocycles. The molecular formula is C26H22N2O6S. The highest BCUT2D eigenvalue weighted by molar-refractivity contribution is 8.18. The summed E-state index contributed by atoms with van der Waals surface area (Å²) in [5.41, 5.74) is 2.56. The molecule has 4 rings (SSSR count). The van der Waals surface area contributed by atoms with Crippen LogP contribution < -0.4 is 9.47 Å². The van der Waals surface area contributed by atoms with E-state index in [4.69, 9.17) is 9.47 Å². The number of thioether (sulfide) groups is 1. The lowest BCUT2D eigenvalue weighted by atomic mass is 10.2. The number of carbonyl (C=O) groups is 2. The topological polar surface area (TPSA) is 99.0 Å². The molecule has 8 nitrogen and oxygen atoms in total. The summed E-state index contributed by atoms with van der Waals surface area (Å²) in [6.45, 7) is 2.55. The lowest BCUT2D eigenvalue weighted by Gasteiger charge is -2.13.